The van der Waals surface area contributed by atoms with Gasteiger partial charge in [-0.2, -0.15) is 5.26 Å². The number of carbonyl (C=O) groups is 1. The van der Waals surface area contributed by atoms with Crippen molar-refractivity contribution in [3.05, 3.63) is 93.0 Å². The molecule has 7 heteroatoms. The van der Waals surface area contributed by atoms with Crippen LogP contribution in [0.25, 0.3) is 6.08 Å². The molecule has 0 aliphatic rings. The first-order chi connectivity index (χ1) is 15.4. The van der Waals surface area contributed by atoms with E-state index in [1.54, 1.807) is 42.5 Å². The van der Waals surface area contributed by atoms with E-state index in [4.69, 9.17) is 32.7 Å². The summed E-state index contributed by atoms with van der Waals surface area (Å²) in [6.07, 6.45) is 1.48. The maximum Gasteiger partial charge on any atom is 0.266 e. The molecule has 0 heterocycles. The van der Waals surface area contributed by atoms with Crippen LogP contribution in [0.3, 0.4) is 0 Å². The van der Waals surface area contributed by atoms with E-state index in [2.05, 4.69) is 5.32 Å². The second-order valence-corrected chi connectivity index (χ2v) is 7.72. The summed E-state index contributed by atoms with van der Waals surface area (Å²) in [5.74, 6) is 0.451. The Kier molecular flexibility index (Phi) is 7.77. The van der Waals surface area contributed by atoms with Crippen molar-refractivity contribution in [2.45, 2.75) is 13.5 Å². The Morgan fingerprint density at radius 2 is 1.88 bits per heavy atom. The lowest BCUT2D eigenvalue weighted by Crippen LogP contribution is -2.14. The molecular weight excluding hydrogens is 447 g/mol. The molecule has 3 aromatic rings. The van der Waals surface area contributed by atoms with Gasteiger partial charge in [0, 0.05) is 21.3 Å². The second kappa shape index (κ2) is 10.7. The smallest absolute Gasteiger partial charge is 0.266 e. The maximum absolute atomic E-state index is 12.6. The highest BCUT2D eigenvalue weighted by Crippen LogP contribution is 2.30. The number of halogens is 2. The summed E-state index contributed by atoms with van der Waals surface area (Å²) in [6, 6.07) is 19.7. The quantitative estimate of drug-likeness (QED) is 0.321. The number of benzene rings is 3. The topological polar surface area (TPSA) is 71.3 Å². The molecule has 3 aromatic carbocycles. The Morgan fingerprint density at radius 3 is 2.59 bits per heavy atom. The predicted octanol–water partition coefficient (Wildman–Crippen LogP) is 6.44. The van der Waals surface area contributed by atoms with Crippen molar-refractivity contribution in [2.24, 2.45) is 0 Å². The fraction of sp³-hybridized carbons (Fsp3) is 0.120. The molecule has 3 rings (SSSR count). The van der Waals surface area contributed by atoms with Crippen LogP contribution in [-0.4, -0.2) is 13.0 Å². The van der Waals surface area contributed by atoms with Crippen molar-refractivity contribution in [2.75, 3.05) is 12.4 Å². The molecule has 162 valence electrons. The average molecular weight is 467 g/mol. The number of nitriles is 1. The first-order valence-corrected chi connectivity index (χ1v) is 10.4. The molecule has 0 aliphatic heterocycles. The SMILES string of the molecule is COc1cc(/C=C(\C#N)C(=O)Nc2cc(Cl)ccc2C)ccc1OCc1ccccc1Cl. The minimum absolute atomic E-state index is 0.0591. The number of hydrogen-bond acceptors (Lipinski definition) is 4. The van der Waals surface area contributed by atoms with E-state index in [1.165, 1.54) is 13.2 Å². The van der Waals surface area contributed by atoms with Gasteiger partial charge in [-0.3, -0.25) is 4.79 Å². The van der Waals surface area contributed by atoms with E-state index in [0.717, 1.165) is 11.1 Å². The number of aryl methyl sites for hydroxylation is 1. The van der Waals surface area contributed by atoms with Gasteiger partial charge in [-0.15, -0.1) is 0 Å². The van der Waals surface area contributed by atoms with Crippen LogP contribution in [0.1, 0.15) is 16.7 Å². The Morgan fingerprint density at radius 1 is 1.09 bits per heavy atom. The standard InChI is InChI=1S/C25H20Cl2N2O3/c1-16-7-9-20(26)13-22(16)29-25(30)19(14-28)11-17-8-10-23(24(12-17)31-2)32-15-18-5-3-4-6-21(18)27/h3-13H,15H2,1-2H3,(H,29,30)/b19-11+. The van der Waals surface area contributed by atoms with Gasteiger partial charge in [-0.05, 0) is 54.5 Å². The normalized spacial score (nSPS) is 10.9. The molecule has 32 heavy (non-hydrogen) atoms. The Labute approximate surface area is 196 Å². The van der Waals surface area contributed by atoms with Gasteiger partial charge in [-0.25, -0.2) is 0 Å². The number of amides is 1. The number of carbonyl (C=O) groups excluding carboxylic acids is 1. The summed E-state index contributed by atoms with van der Waals surface area (Å²) in [4.78, 5) is 12.6. The fourth-order valence-electron chi connectivity index (χ4n) is 2.90. The van der Waals surface area contributed by atoms with Crippen LogP contribution in [0.2, 0.25) is 10.0 Å². The van der Waals surface area contributed by atoms with E-state index < -0.39 is 5.91 Å². The van der Waals surface area contributed by atoms with Crippen molar-refractivity contribution in [3.8, 4) is 17.6 Å². The largest absolute Gasteiger partial charge is 0.493 e. The number of methoxy groups -OCH3 is 1. The zero-order valence-electron chi connectivity index (χ0n) is 17.5. The van der Waals surface area contributed by atoms with Crippen molar-refractivity contribution >= 4 is 40.9 Å². The number of anilines is 1. The molecular formula is C25H20Cl2N2O3. The highest BCUT2D eigenvalue weighted by atomic mass is 35.5. The van der Waals surface area contributed by atoms with Gasteiger partial charge in [0.15, 0.2) is 11.5 Å². The molecule has 0 bridgehead atoms. The molecule has 0 fully saturated rings. The van der Waals surface area contributed by atoms with Crippen LogP contribution in [0.4, 0.5) is 5.69 Å². The van der Waals surface area contributed by atoms with E-state index in [-0.39, 0.29) is 12.2 Å². The summed E-state index contributed by atoms with van der Waals surface area (Å²) >= 11 is 12.2. The molecule has 0 atom stereocenters. The molecule has 0 saturated heterocycles. The van der Waals surface area contributed by atoms with Gasteiger partial charge in [-0.1, -0.05) is 53.5 Å². The zero-order valence-corrected chi connectivity index (χ0v) is 19.0. The molecule has 0 aromatic heterocycles. The minimum Gasteiger partial charge on any atom is -0.493 e. The first kappa shape index (κ1) is 23.2. The first-order valence-electron chi connectivity index (χ1n) is 9.65. The van der Waals surface area contributed by atoms with Gasteiger partial charge >= 0.3 is 0 Å². The predicted molar refractivity (Wildman–Crippen MR) is 127 cm³/mol. The summed E-state index contributed by atoms with van der Waals surface area (Å²) in [5.41, 5.74) is 2.78. The average Bonchev–Trinajstić information content (AvgIpc) is 2.79. The zero-order chi connectivity index (χ0) is 23.1. The van der Waals surface area contributed by atoms with E-state index in [9.17, 15) is 10.1 Å². The van der Waals surface area contributed by atoms with E-state index in [1.807, 2.05) is 31.2 Å². The molecule has 0 spiro atoms. The fourth-order valence-corrected chi connectivity index (χ4v) is 3.26. The number of nitrogens with one attached hydrogen (secondary N) is 1. The summed E-state index contributed by atoms with van der Waals surface area (Å²) in [7, 11) is 1.52. The van der Waals surface area contributed by atoms with Crippen LogP contribution in [0.15, 0.2) is 66.2 Å². The van der Waals surface area contributed by atoms with Crippen LogP contribution >= 0.6 is 23.2 Å². The van der Waals surface area contributed by atoms with Crippen LogP contribution < -0.4 is 14.8 Å². The number of nitrogens with zero attached hydrogens (tertiary/aromatic N) is 1. The van der Waals surface area contributed by atoms with Crippen molar-refractivity contribution < 1.29 is 14.3 Å². The van der Waals surface area contributed by atoms with E-state index >= 15 is 0 Å². The van der Waals surface area contributed by atoms with Crippen LogP contribution in [0, 0.1) is 18.3 Å². The van der Waals surface area contributed by atoms with Crippen molar-refractivity contribution in [1.82, 2.24) is 0 Å². The summed E-state index contributed by atoms with van der Waals surface area (Å²) in [5, 5.41) is 13.3. The lowest BCUT2D eigenvalue weighted by molar-refractivity contribution is -0.112. The number of hydrogen-bond donors (Lipinski definition) is 1. The van der Waals surface area contributed by atoms with Crippen LogP contribution in [0.5, 0.6) is 11.5 Å². The minimum atomic E-state index is -0.532. The lowest BCUT2D eigenvalue weighted by Gasteiger charge is -2.12. The number of rotatable bonds is 7. The third kappa shape index (κ3) is 5.82. The number of ether oxygens (including phenoxy) is 2. The molecule has 1 N–H and O–H groups in total. The van der Waals surface area contributed by atoms with Gasteiger partial charge in [0.1, 0.15) is 18.2 Å². The highest BCUT2D eigenvalue weighted by molar-refractivity contribution is 6.31. The van der Waals surface area contributed by atoms with Gasteiger partial charge in [0.25, 0.3) is 5.91 Å². The van der Waals surface area contributed by atoms with E-state index in [0.29, 0.717) is 32.8 Å². The Bertz CT molecular complexity index is 1220. The van der Waals surface area contributed by atoms with Gasteiger partial charge in [0.05, 0.1) is 7.11 Å². The molecule has 1 amide bonds. The van der Waals surface area contributed by atoms with Gasteiger partial charge < -0.3 is 14.8 Å². The lowest BCUT2D eigenvalue weighted by atomic mass is 10.1. The Balaban J connectivity index is 1.78. The molecule has 0 unspecified atom stereocenters. The van der Waals surface area contributed by atoms with Crippen molar-refractivity contribution in [1.29, 1.82) is 5.26 Å². The third-order valence-corrected chi connectivity index (χ3v) is 5.26. The molecule has 0 aliphatic carbocycles. The summed E-state index contributed by atoms with van der Waals surface area (Å²) in [6.45, 7) is 2.12. The molecule has 0 saturated carbocycles. The van der Waals surface area contributed by atoms with Gasteiger partial charge in [0.2, 0.25) is 0 Å². The Hall–Kier alpha value is -3.46. The summed E-state index contributed by atoms with van der Waals surface area (Å²) < 4.78 is 11.3. The van der Waals surface area contributed by atoms with Crippen molar-refractivity contribution in [3.63, 3.8) is 0 Å². The molecule has 5 nitrogen and oxygen atoms in total. The highest BCUT2D eigenvalue weighted by Gasteiger charge is 2.13. The monoisotopic (exact) mass is 466 g/mol. The molecule has 0 radical (unpaired) electrons. The second-order valence-electron chi connectivity index (χ2n) is 6.87. The third-order valence-electron chi connectivity index (χ3n) is 4.65. The maximum atomic E-state index is 12.6. The van der Waals surface area contributed by atoms with Crippen LogP contribution in [-0.2, 0) is 11.4 Å².